The number of hydrogen-bond acceptors (Lipinski definition) is 0. The van der Waals surface area contributed by atoms with Gasteiger partial charge in [-0.15, -0.1) is 0 Å². The molecular formula is C26H34SiZr. The Morgan fingerprint density at radius 3 is 2.25 bits per heavy atom. The summed E-state index contributed by atoms with van der Waals surface area (Å²) in [7, 11) is -1.24. The summed E-state index contributed by atoms with van der Waals surface area (Å²) in [6, 6.07) is 14.3. The Morgan fingerprint density at radius 2 is 1.61 bits per heavy atom. The van der Waals surface area contributed by atoms with Crippen LogP contribution in [0.5, 0.6) is 0 Å². The third kappa shape index (κ3) is 4.88. The van der Waals surface area contributed by atoms with Crippen LogP contribution < -0.4 is 5.19 Å². The molecule has 0 unspecified atom stereocenters. The van der Waals surface area contributed by atoms with E-state index in [1.54, 1.807) is 16.3 Å². The molecule has 28 heavy (non-hydrogen) atoms. The zero-order valence-corrected chi connectivity index (χ0v) is 21.5. The second-order valence-corrected chi connectivity index (χ2v) is 15.0. The molecule has 4 rings (SSSR count). The minimum absolute atomic E-state index is 0. The SMILES string of the molecule is Cc1cc2c(c(-c3ccc([Si](C)(C)C)cc3)c1)C=C(CC1CCCCC1)C2.[Zr]. The monoisotopic (exact) mass is 464 g/mol. The standard InChI is InChI=1S/C26H34Si.Zr/c1-19-14-23-17-21(16-20-8-6-5-7-9-20)18-26(23)25(15-19)22-10-12-24(13-11-22)27(2,3)4;/h10-15,18,20H,5-9,16-17H2,1-4H3;. The van der Waals surface area contributed by atoms with Crippen LogP contribution in [0.25, 0.3) is 17.2 Å². The molecule has 2 heteroatoms. The molecule has 0 amide bonds. The molecule has 2 aromatic rings. The maximum atomic E-state index is 2.53. The smallest absolute Gasteiger partial charge is 0.0656 e. The van der Waals surface area contributed by atoms with Gasteiger partial charge >= 0.3 is 0 Å². The second-order valence-electron chi connectivity index (χ2n) is 9.90. The fourth-order valence-electron chi connectivity index (χ4n) is 4.97. The molecule has 0 radical (unpaired) electrons. The van der Waals surface area contributed by atoms with Crippen molar-refractivity contribution in [3.05, 3.63) is 58.7 Å². The molecule has 0 atom stereocenters. The molecule has 0 nitrogen and oxygen atoms in total. The molecule has 1 fully saturated rings. The summed E-state index contributed by atoms with van der Waals surface area (Å²) in [4.78, 5) is 0. The third-order valence-corrected chi connectivity index (χ3v) is 8.58. The molecule has 2 aromatic carbocycles. The van der Waals surface area contributed by atoms with Crippen molar-refractivity contribution in [2.45, 2.75) is 71.5 Å². The largest absolute Gasteiger partial charge is 0.0775 e. The number of allylic oxidation sites excluding steroid dienone is 1. The van der Waals surface area contributed by atoms with E-state index < -0.39 is 8.07 Å². The number of hydrogen-bond donors (Lipinski definition) is 0. The average Bonchev–Trinajstić information content (AvgIpc) is 3.03. The first-order valence-electron chi connectivity index (χ1n) is 10.8. The number of rotatable bonds is 4. The van der Waals surface area contributed by atoms with E-state index in [2.05, 4.69) is 69.0 Å². The molecule has 146 valence electrons. The summed E-state index contributed by atoms with van der Waals surface area (Å²) in [5.74, 6) is 0.930. The van der Waals surface area contributed by atoms with Gasteiger partial charge in [-0.2, -0.15) is 0 Å². The van der Waals surface area contributed by atoms with Crippen LogP contribution in [0.15, 0.2) is 42.0 Å². The van der Waals surface area contributed by atoms with Gasteiger partial charge in [0, 0.05) is 26.2 Å². The third-order valence-electron chi connectivity index (χ3n) is 6.51. The van der Waals surface area contributed by atoms with E-state index in [-0.39, 0.29) is 26.2 Å². The average molecular weight is 466 g/mol. The van der Waals surface area contributed by atoms with Crippen LogP contribution in [0, 0.1) is 12.8 Å². The summed E-state index contributed by atoms with van der Waals surface area (Å²) in [6.45, 7) is 9.52. The first kappa shape index (κ1) is 22.0. The molecule has 2 aliphatic rings. The molecule has 0 heterocycles. The van der Waals surface area contributed by atoms with Crippen molar-refractivity contribution in [2.24, 2.45) is 5.92 Å². The van der Waals surface area contributed by atoms with E-state index in [0.717, 1.165) is 5.92 Å². The number of fused-ring (bicyclic) bond motifs is 1. The Labute approximate surface area is 192 Å². The van der Waals surface area contributed by atoms with Crippen LogP contribution in [0.4, 0.5) is 0 Å². The van der Waals surface area contributed by atoms with Crippen molar-refractivity contribution < 1.29 is 26.2 Å². The van der Waals surface area contributed by atoms with Gasteiger partial charge in [-0.1, -0.05) is 111 Å². The van der Waals surface area contributed by atoms with Gasteiger partial charge in [-0.05, 0) is 47.9 Å². The van der Waals surface area contributed by atoms with Gasteiger partial charge < -0.3 is 0 Å². The molecule has 0 bridgehead atoms. The van der Waals surface area contributed by atoms with Crippen LogP contribution in [0.3, 0.4) is 0 Å². The van der Waals surface area contributed by atoms with Crippen molar-refractivity contribution in [2.75, 3.05) is 0 Å². The van der Waals surface area contributed by atoms with E-state index in [1.807, 2.05) is 0 Å². The Bertz CT molecular complexity index is 849. The van der Waals surface area contributed by atoms with E-state index >= 15 is 0 Å². The molecule has 1 saturated carbocycles. The van der Waals surface area contributed by atoms with Crippen LogP contribution >= 0.6 is 0 Å². The molecule has 0 N–H and O–H groups in total. The summed E-state index contributed by atoms with van der Waals surface area (Å²) >= 11 is 0. The molecule has 0 saturated heterocycles. The van der Waals surface area contributed by atoms with Crippen molar-refractivity contribution in [3.8, 4) is 11.1 Å². The zero-order chi connectivity index (χ0) is 19.0. The topological polar surface area (TPSA) is 0 Å². The maximum Gasteiger partial charge on any atom is 0.0775 e. The summed E-state index contributed by atoms with van der Waals surface area (Å²) in [5, 5.41) is 1.55. The van der Waals surface area contributed by atoms with Crippen LogP contribution in [0.2, 0.25) is 19.6 Å². The minimum Gasteiger partial charge on any atom is -0.0656 e. The summed E-state index contributed by atoms with van der Waals surface area (Å²) < 4.78 is 0. The van der Waals surface area contributed by atoms with Gasteiger partial charge in [0.05, 0.1) is 8.07 Å². The van der Waals surface area contributed by atoms with Gasteiger partial charge in [-0.25, -0.2) is 0 Å². The molecule has 0 aliphatic heterocycles. The summed E-state index contributed by atoms with van der Waals surface area (Å²) in [5.41, 5.74) is 8.92. The van der Waals surface area contributed by atoms with Crippen molar-refractivity contribution in [1.29, 1.82) is 0 Å². The van der Waals surface area contributed by atoms with Crippen LogP contribution in [0.1, 0.15) is 55.2 Å². The fourth-order valence-corrected chi connectivity index (χ4v) is 6.14. The predicted molar refractivity (Wildman–Crippen MR) is 122 cm³/mol. The van der Waals surface area contributed by atoms with Gasteiger partial charge in [0.2, 0.25) is 0 Å². The first-order chi connectivity index (χ1) is 12.9. The Morgan fingerprint density at radius 1 is 0.929 bits per heavy atom. The maximum absolute atomic E-state index is 2.53. The summed E-state index contributed by atoms with van der Waals surface area (Å²) in [6.07, 6.45) is 12.2. The van der Waals surface area contributed by atoms with Crippen molar-refractivity contribution in [1.82, 2.24) is 0 Å². The fraction of sp³-hybridized carbons (Fsp3) is 0.462. The molecule has 2 aliphatic carbocycles. The second kappa shape index (κ2) is 8.97. The van der Waals surface area contributed by atoms with Gasteiger partial charge in [0.15, 0.2) is 0 Å². The Kier molecular flexibility index (Phi) is 7.04. The molecule has 0 aromatic heterocycles. The molecule has 0 spiro atoms. The first-order valence-corrected chi connectivity index (χ1v) is 14.3. The van der Waals surface area contributed by atoms with Crippen LogP contribution in [-0.4, -0.2) is 8.07 Å². The van der Waals surface area contributed by atoms with Gasteiger partial charge in [0.1, 0.15) is 0 Å². The minimum atomic E-state index is -1.24. The Hall–Kier alpha value is -0.720. The quantitative estimate of drug-likeness (QED) is 0.422. The zero-order valence-electron chi connectivity index (χ0n) is 18.1. The normalized spacial score (nSPS) is 17.1. The van der Waals surface area contributed by atoms with E-state index in [1.165, 1.54) is 67.2 Å². The number of benzene rings is 2. The Balaban J connectivity index is 0.00000225. The van der Waals surface area contributed by atoms with Gasteiger partial charge in [-0.3, -0.25) is 0 Å². The van der Waals surface area contributed by atoms with Crippen molar-refractivity contribution >= 4 is 19.3 Å². The van der Waals surface area contributed by atoms with Gasteiger partial charge in [0.25, 0.3) is 0 Å². The van der Waals surface area contributed by atoms with Crippen molar-refractivity contribution in [3.63, 3.8) is 0 Å². The van der Waals surface area contributed by atoms with Crippen LogP contribution in [-0.2, 0) is 32.6 Å². The molecular weight excluding hydrogens is 432 g/mol. The van der Waals surface area contributed by atoms with E-state index in [4.69, 9.17) is 0 Å². The predicted octanol–water partition coefficient (Wildman–Crippen LogP) is 7.11. The van der Waals surface area contributed by atoms with E-state index in [0.29, 0.717) is 0 Å². The number of aryl methyl sites for hydroxylation is 1. The van der Waals surface area contributed by atoms with E-state index in [9.17, 15) is 0 Å².